The maximum absolute atomic E-state index is 12.5. The average Bonchev–Trinajstić information content (AvgIpc) is 2.79. The fourth-order valence-electron chi connectivity index (χ4n) is 3.64. The number of likely N-dealkylation sites (tertiary alicyclic amines) is 1. The highest BCUT2D eigenvalue weighted by Gasteiger charge is 2.45. The first-order valence-electron chi connectivity index (χ1n) is 7.24. The van der Waals surface area contributed by atoms with Gasteiger partial charge in [-0.2, -0.15) is 0 Å². The number of amides is 1. The van der Waals surface area contributed by atoms with Gasteiger partial charge in [0.25, 0.3) is 5.91 Å². The molecule has 2 heterocycles. The molecule has 0 radical (unpaired) electrons. The molecular weight excluding hydrogens is 256 g/mol. The highest BCUT2D eigenvalue weighted by atomic mass is 16.3. The predicted molar refractivity (Wildman–Crippen MR) is 73.3 cm³/mol. The molecule has 3 rings (SSSR count). The fourth-order valence-corrected chi connectivity index (χ4v) is 3.64. The highest BCUT2D eigenvalue weighted by molar-refractivity contribution is 5.94. The molecule has 1 aliphatic carbocycles. The van der Waals surface area contributed by atoms with Crippen molar-refractivity contribution in [3.8, 4) is 5.75 Å². The van der Waals surface area contributed by atoms with Crippen molar-refractivity contribution >= 4 is 5.91 Å². The number of nitrogens with zero attached hydrogens (tertiary/aromatic N) is 2. The van der Waals surface area contributed by atoms with E-state index in [0.717, 1.165) is 32.1 Å². The zero-order valence-corrected chi connectivity index (χ0v) is 11.5. The van der Waals surface area contributed by atoms with E-state index in [4.69, 9.17) is 0 Å². The van der Waals surface area contributed by atoms with E-state index >= 15 is 0 Å². The molecule has 1 spiro atoms. The molecule has 2 fully saturated rings. The second-order valence-electron chi connectivity index (χ2n) is 5.97. The molecule has 5 heteroatoms. The number of pyridine rings is 1. The van der Waals surface area contributed by atoms with Crippen LogP contribution in [0, 0.1) is 5.41 Å². The summed E-state index contributed by atoms with van der Waals surface area (Å²) < 4.78 is 0. The van der Waals surface area contributed by atoms with Gasteiger partial charge in [-0.05, 0) is 37.8 Å². The molecule has 108 valence electrons. The van der Waals surface area contributed by atoms with Gasteiger partial charge in [0.1, 0.15) is 5.75 Å². The molecule has 20 heavy (non-hydrogen) atoms. The Labute approximate surface area is 118 Å². The summed E-state index contributed by atoms with van der Waals surface area (Å²) in [6, 6.07) is 3.08. The van der Waals surface area contributed by atoms with Crippen LogP contribution in [0.15, 0.2) is 18.3 Å². The topological polar surface area (TPSA) is 73.7 Å². The third-order valence-electron chi connectivity index (χ3n) is 4.74. The van der Waals surface area contributed by atoms with Crippen LogP contribution in [0.2, 0.25) is 0 Å². The van der Waals surface area contributed by atoms with Gasteiger partial charge >= 0.3 is 0 Å². The van der Waals surface area contributed by atoms with E-state index in [1.54, 1.807) is 11.0 Å². The third-order valence-corrected chi connectivity index (χ3v) is 4.74. The number of aliphatic hydroxyl groups excluding tert-OH is 1. The van der Waals surface area contributed by atoms with Crippen molar-refractivity contribution in [2.24, 2.45) is 5.41 Å². The van der Waals surface area contributed by atoms with E-state index in [1.165, 1.54) is 12.3 Å². The number of rotatable bonds is 1. The number of carbonyl (C=O) groups is 1. The van der Waals surface area contributed by atoms with Crippen molar-refractivity contribution < 1.29 is 15.0 Å². The van der Waals surface area contributed by atoms with Crippen molar-refractivity contribution in [3.63, 3.8) is 0 Å². The molecule has 0 bridgehead atoms. The SMILES string of the molecule is O=C(c1ncccc1O)N1CCC[C@@]2(CCC[C@H]2O)C1. The Bertz CT molecular complexity index is 520. The van der Waals surface area contributed by atoms with E-state index in [1.807, 2.05) is 0 Å². The minimum Gasteiger partial charge on any atom is -0.505 e. The molecule has 5 nitrogen and oxygen atoms in total. The van der Waals surface area contributed by atoms with Crippen molar-refractivity contribution in [2.45, 2.75) is 38.2 Å². The van der Waals surface area contributed by atoms with Gasteiger partial charge in [0, 0.05) is 24.7 Å². The van der Waals surface area contributed by atoms with E-state index in [9.17, 15) is 15.0 Å². The first-order valence-corrected chi connectivity index (χ1v) is 7.24. The fraction of sp³-hybridized carbons (Fsp3) is 0.600. The maximum Gasteiger partial charge on any atom is 0.276 e. The van der Waals surface area contributed by atoms with Crippen molar-refractivity contribution in [2.75, 3.05) is 13.1 Å². The van der Waals surface area contributed by atoms with Crippen LogP contribution in [0.3, 0.4) is 0 Å². The van der Waals surface area contributed by atoms with Crippen LogP contribution >= 0.6 is 0 Å². The van der Waals surface area contributed by atoms with Crippen LogP contribution in [-0.4, -0.2) is 45.2 Å². The zero-order valence-electron chi connectivity index (χ0n) is 11.5. The molecule has 1 saturated heterocycles. The van der Waals surface area contributed by atoms with Crippen LogP contribution in [0.5, 0.6) is 5.75 Å². The summed E-state index contributed by atoms with van der Waals surface area (Å²) in [5, 5.41) is 20.0. The molecule has 1 aliphatic heterocycles. The Balaban J connectivity index is 1.81. The van der Waals surface area contributed by atoms with Crippen molar-refractivity contribution in [3.05, 3.63) is 24.0 Å². The number of piperidine rings is 1. The van der Waals surface area contributed by atoms with Gasteiger partial charge in [-0.25, -0.2) is 4.98 Å². The van der Waals surface area contributed by atoms with Gasteiger partial charge in [-0.1, -0.05) is 6.42 Å². The smallest absolute Gasteiger partial charge is 0.276 e. The lowest BCUT2D eigenvalue weighted by atomic mass is 9.76. The Morgan fingerprint density at radius 2 is 2.20 bits per heavy atom. The molecule has 1 saturated carbocycles. The second kappa shape index (κ2) is 5.05. The summed E-state index contributed by atoms with van der Waals surface area (Å²) >= 11 is 0. The summed E-state index contributed by atoms with van der Waals surface area (Å²) in [5.74, 6) is -0.314. The second-order valence-corrected chi connectivity index (χ2v) is 5.97. The third kappa shape index (κ3) is 2.16. The van der Waals surface area contributed by atoms with Crippen LogP contribution in [0.4, 0.5) is 0 Å². The molecule has 1 aromatic rings. The number of hydrogen-bond acceptors (Lipinski definition) is 4. The Morgan fingerprint density at radius 3 is 2.90 bits per heavy atom. The minimum absolute atomic E-state index is 0.0795. The van der Waals surface area contributed by atoms with Gasteiger partial charge < -0.3 is 15.1 Å². The monoisotopic (exact) mass is 276 g/mol. The number of aliphatic hydroxyl groups is 1. The summed E-state index contributed by atoms with van der Waals surface area (Å²) in [7, 11) is 0. The van der Waals surface area contributed by atoms with Crippen LogP contribution in [0.1, 0.15) is 42.6 Å². The van der Waals surface area contributed by atoms with E-state index in [0.29, 0.717) is 13.1 Å². The standard InChI is InChI=1S/C15H20N2O3/c18-11-4-2-8-16-13(11)14(20)17-9-3-7-15(10-17)6-1-5-12(15)19/h2,4,8,12,18-19H,1,3,5-7,9-10H2/t12-,15+/m1/s1. The summed E-state index contributed by atoms with van der Waals surface area (Å²) in [5.41, 5.74) is -0.0322. The summed E-state index contributed by atoms with van der Waals surface area (Å²) in [4.78, 5) is 18.2. The molecule has 0 unspecified atom stereocenters. The van der Waals surface area contributed by atoms with E-state index < -0.39 is 0 Å². The number of carbonyl (C=O) groups excluding carboxylic acids is 1. The lowest BCUT2D eigenvalue weighted by Gasteiger charge is -2.42. The molecule has 2 atom stereocenters. The zero-order chi connectivity index (χ0) is 14.2. The highest BCUT2D eigenvalue weighted by Crippen LogP contribution is 2.45. The molecule has 0 aromatic carbocycles. The Kier molecular flexibility index (Phi) is 3.38. The number of aromatic nitrogens is 1. The molecule has 1 aromatic heterocycles. The molecule has 1 amide bonds. The number of aromatic hydroxyl groups is 1. The normalized spacial score (nSPS) is 29.9. The largest absolute Gasteiger partial charge is 0.505 e. The molecular formula is C15H20N2O3. The Hall–Kier alpha value is -1.62. The van der Waals surface area contributed by atoms with Gasteiger partial charge in [0.15, 0.2) is 5.69 Å². The molecule has 2 N–H and O–H groups in total. The van der Waals surface area contributed by atoms with Crippen molar-refractivity contribution in [1.29, 1.82) is 0 Å². The van der Waals surface area contributed by atoms with Crippen molar-refractivity contribution in [1.82, 2.24) is 9.88 Å². The van der Waals surface area contributed by atoms with Crippen LogP contribution in [0.25, 0.3) is 0 Å². The first-order chi connectivity index (χ1) is 9.62. The predicted octanol–water partition coefficient (Wildman–Crippen LogP) is 1.55. The van der Waals surface area contributed by atoms with Crippen LogP contribution < -0.4 is 0 Å². The maximum atomic E-state index is 12.5. The quantitative estimate of drug-likeness (QED) is 0.816. The molecule has 2 aliphatic rings. The van der Waals surface area contributed by atoms with E-state index in [2.05, 4.69) is 4.98 Å². The number of hydrogen-bond donors (Lipinski definition) is 2. The first kappa shape index (κ1) is 13.4. The lowest BCUT2D eigenvalue weighted by Crippen LogP contribution is -2.49. The summed E-state index contributed by atoms with van der Waals surface area (Å²) in [6.45, 7) is 1.24. The summed E-state index contributed by atoms with van der Waals surface area (Å²) in [6.07, 6.45) is 5.91. The van der Waals surface area contributed by atoms with Gasteiger partial charge in [-0.3, -0.25) is 4.79 Å². The van der Waals surface area contributed by atoms with Crippen LogP contribution in [-0.2, 0) is 0 Å². The van der Waals surface area contributed by atoms with E-state index in [-0.39, 0.29) is 28.9 Å². The van der Waals surface area contributed by atoms with Gasteiger partial charge in [0.05, 0.1) is 6.10 Å². The van der Waals surface area contributed by atoms with Gasteiger partial charge in [0.2, 0.25) is 0 Å². The van der Waals surface area contributed by atoms with Gasteiger partial charge in [-0.15, -0.1) is 0 Å². The minimum atomic E-state index is -0.310. The Morgan fingerprint density at radius 1 is 1.40 bits per heavy atom. The average molecular weight is 276 g/mol. The lowest BCUT2D eigenvalue weighted by molar-refractivity contribution is -0.00564.